The van der Waals surface area contributed by atoms with Crippen LogP contribution in [0.3, 0.4) is 0 Å². The summed E-state index contributed by atoms with van der Waals surface area (Å²) in [6, 6.07) is 0. The highest BCUT2D eigenvalue weighted by Crippen LogP contribution is 2.27. The Bertz CT molecular complexity index is 700. The third-order valence-corrected chi connectivity index (χ3v) is 5.51. The average Bonchev–Trinajstić information content (AvgIpc) is 3.23. The molecule has 2 aromatic heterocycles. The van der Waals surface area contributed by atoms with Crippen LogP contribution in [0.1, 0.15) is 43.3 Å². The molecule has 1 fully saturated rings. The molecule has 0 amide bonds. The minimum Gasteiger partial charge on any atom is -0.332 e. The molecular formula is C18H28N6O. The monoisotopic (exact) mass is 344 g/mol. The summed E-state index contributed by atoms with van der Waals surface area (Å²) in [6.45, 7) is 7.80. The number of piperidine rings is 1. The fraction of sp³-hybridized carbons (Fsp3) is 0.722. The van der Waals surface area contributed by atoms with Gasteiger partial charge < -0.3 is 14.3 Å². The standard InChI is InChI=1S/C18H28N6O/c1-3-7-24-9-4-13(5-10-24)11-16-19-18(25-22-16)17-14-12-23(2)8-6-15(14)20-21-17/h13H,3-12H2,1-2H3,(H,20,21). The van der Waals surface area contributed by atoms with Crippen molar-refractivity contribution >= 4 is 0 Å². The average molecular weight is 344 g/mol. The van der Waals surface area contributed by atoms with Crippen LogP contribution in [-0.2, 0) is 19.4 Å². The number of nitrogens with one attached hydrogen (secondary N) is 1. The second kappa shape index (κ2) is 7.25. The second-order valence-corrected chi connectivity index (χ2v) is 7.52. The van der Waals surface area contributed by atoms with Gasteiger partial charge >= 0.3 is 0 Å². The quantitative estimate of drug-likeness (QED) is 0.895. The van der Waals surface area contributed by atoms with E-state index in [0.29, 0.717) is 11.8 Å². The molecule has 0 saturated carbocycles. The highest BCUT2D eigenvalue weighted by atomic mass is 16.5. The van der Waals surface area contributed by atoms with E-state index in [2.05, 4.69) is 44.1 Å². The summed E-state index contributed by atoms with van der Waals surface area (Å²) in [5, 5.41) is 11.8. The molecule has 25 heavy (non-hydrogen) atoms. The van der Waals surface area contributed by atoms with Crippen molar-refractivity contribution < 1.29 is 4.52 Å². The lowest BCUT2D eigenvalue weighted by atomic mass is 9.93. The van der Waals surface area contributed by atoms with Crippen LogP contribution in [0.4, 0.5) is 0 Å². The topological polar surface area (TPSA) is 74.1 Å². The molecule has 7 nitrogen and oxygen atoms in total. The first-order valence-electron chi connectivity index (χ1n) is 9.53. The fourth-order valence-electron chi connectivity index (χ4n) is 4.03. The second-order valence-electron chi connectivity index (χ2n) is 7.52. The molecule has 0 aliphatic carbocycles. The van der Waals surface area contributed by atoms with Crippen molar-refractivity contribution in [2.45, 2.75) is 45.6 Å². The van der Waals surface area contributed by atoms with Gasteiger partial charge in [0, 0.05) is 37.2 Å². The van der Waals surface area contributed by atoms with Crippen LogP contribution in [0.15, 0.2) is 4.52 Å². The summed E-state index contributed by atoms with van der Waals surface area (Å²) in [4.78, 5) is 9.50. The molecule has 1 saturated heterocycles. The maximum absolute atomic E-state index is 5.54. The first kappa shape index (κ1) is 16.7. The van der Waals surface area contributed by atoms with Gasteiger partial charge in [-0.15, -0.1) is 0 Å². The van der Waals surface area contributed by atoms with Gasteiger partial charge in [-0.25, -0.2) is 0 Å². The largest absolute Gasteiger partial charge is 0.332 e. The first-order chi connectivity index (χ1) is 12.2. The Labute approximate surface area is 148 Å². The number of fused-ring (bicyclic) bond motifs is 1. The molecular weight excluding hydrogens is 316 g/mol. The van der Waals surface area contributed by atoms with Crippen molar-refractivity contribution in [2.24, 2.45) is 5.92 Å². The van der Waals surface area contributed by atoms with Crippen LogP contribution in [0, 0.1) is 5.92 Å². The lowest BCUT2D eigenvalue weighted by molar-refractivity contribution is 0.182. The predicted molar refractivity (Wildman–Crippen MR) is 95.1 cm³/mol. The van der Waals surface area contributed by atoms with Gasteiger partial charge in [0.25, 0.3) is 5.89 Å². The van der Waals surface area contributed by atoms with Gasteiger partial charge in [0.15, 0.2) is 11.5 Å². The lowest BCUT2D eigenvalue weighted by Crippen LogP contribution is -2.34. The molecule has 0 aromatic carbocycles. The number of rotatable bonds is 5. The first-order valence-corrected chi connectivity index (χ1v) is 9.53. The molecule has 136 valence electrons. The fourth-order valence-corrected chi connectivity index (χ4v) is 4.03. The van der Waals surface area contributed by atoms with Crippen LogP contribution in [-0.4, -0.2) is 63.4 Å². The lowest BCUT2D eigenvalue weighted by Gasteiger charge is -2.31. The van der Waals surface area contributed by atoms with Crippen molar-refractivity contribution in [2.75, 3.05) is 33.2 Å². The molecule has 0 spiro atoms. The SMILES string of the molecule is CCCN1CCC(Cc2noc(-c3n[nH]c4c3CN(C)CC4)n2)CC1. The number of hydrogen-bond acceptors (Lipinski definition) is 6. The molecule has 7 heteroatoms. The van der Waals surface area contributed by atoms with E-state index < -0.39 is 0 Å². The summed E-state index contributed by atoms with van der Waals surface area (Å²) in [5.74, 6) is 2.05. The number of nitrogens with zero attached hydrogens (tertiary/aromatic N) is 5. The number of aromatic amines is 1. The highest BCUT2D eigenvalue weighted by molar-refractivity contribution is 5.54. The van der Waals surface area contributed by atoms with Gasteiger partial charge in [0.2, 0.25) is 0 Å². The molecule has 4 rings (SSSR count). The van der Waals surface area contributed by atoms with Crippen LogP contribution in [0.5, 0.6) is 0 Å². The van der Waals surface area contributed by atoms with E-state index >= 15 is 0 Å². The molecule has 2 aromatic rings. The number of likely N-dealkylation sites (tertiary alicyclic amines) is 1. The minimum atomic E-state index is 0.561. The number of aromatic nitrogens is 4. The van der Waals surface area contributed by atoms with E-state index in [9.17, 15) is 0 Å². The normalized spacial score (nSPS) is 20.1. The van der Waals surface area contributed by atoms with E-state index in [4.69, 9.17) is 4.52 Å². The molecule has 0 bridgehead atoms. The van der Waals surface area contributed by atoms with Gasteiger partial charge in [-0.2, -0.15) is 10.1 Å². The summed E-state index contributed by atoms with van der Waals surface area (Å²) in [7, 11) is 2.13. The molecule has 2 aliphatic rings. The van der Waals surface area contributed by atoms with Crippen LogP contribution < -0.4 is 0 Å². The molecule has 0 atom stereocenters. The Morgan fingerprint density at radius 1 is 1.24 bits per heavy atom. The smallest absolute Gasteiger partial charge is 0.278 e. The Balaban J connectivity index is 1.41. The predicted octanol–water partition coefficient (Wildman–Crippen LogP) is 2.11. The summed E-state index contributed by atoms with van der Waals surface area (Å²) in [5.41, 5.74) is 3.24. The van der Waals surface area contributed by atoms with Crippen molar-refractivity contribution in [3.8, 4) is 11.6 Å². The van der Waals surface area contributed by atoms with E-state index in [1.807, 2.05) is 0 Å². The van der Waals surface area contributed by atoms with Crippen molar-refractivity contribution in [1.82, 2.24) is 30.1 Å². The van der Waals surface area contributed by atoms with Crippen molar-refractivity contribution in [3.63, 3.8) is 0 Å². The summed E-state index contributed by atoms with van der Waals surface area (Å²) >= 11 is 0. The van der Waals surface area contributed by atoms with Crippen LogP contribution in [0.25, 0.3) is 11.6 Å². The maximum Gasteiger partial charge on any atom is 0.278 e. The zero-order chi connectivity index (χ0) is 17.2. The van der Waals surface area contributed by atoms with Gasteiger partial charge in [-0.05, 0) is 51.9 Å². The number of H-pyrrole nitrogens is 1. The van der Waals surface area contributed by atoms with E-state index in [0.717, 1.165) is 37.4 Å². The van der Waals surface area contributed by atoms with Gasteiger partial charge in [0.05, 0.1) is 0 Å². The zero-order valence-corrected chi connectivity index (χ0v) is 15.3. The van der Waals surface area contributed by atoms with Crippen LogP contribution >= 0.6 is 0 Å². The van der Waals surface area contributed by atoms with E-state index in [-0.39, 0.29) is 0 Å². The molecule has 2 aliphatic heterocycles. The van der Waals surface area contributed by atoms with Gasteiger partial charge in [-0.3, -0.25) is 5.10 Å². The van der Waals surface area contributed by atoms with Crippen LogP contribution in [0.2, 0.25) is 0 Å². The minimum absolute atomic E-state index is 0.561. The summed E-state index contributed by atoms with van der Waals surface area (Å²) in [6.07, 6.45) is 5.60. The Hall–Kier alpha value is -1.73. The molecule has 0 radical (unpaired) electrons. The Morgan fingerprint density at radius 2 is 2.08 bits per heavy atom. The molecule has 4 heterocycles. The number of hydrogen-bond donors (Lipinski definition) is 1. The molecule has 0 unspecified atom stereocenters. The maximum atomic E-state index is 5.54. The van der Waals surface area contributed by atoms with Crippen molar-refractivity contribution in [3.05, 3.63) is 17.1 Å². The Kier molecular flexibility index (Phi) is 4.85. The Morgan fingerprint density at radius 3 is 2.88 bits per heavy atom. The van der Waals surface area contributed by atoms with Gasteiger partial charge in [0.1, 0.15) is 0 Å². The van der Waals surface area contributed by atoms with Crippen molar-refractivity contribution in [1.29, 1.82) is 0 Å². The summed E-state index contributed by atoms with van der Waals surface area (Å²) < 4.78 is 5.54. The van der Waals surface area contributed by atoms with Gasteiger partial charge in [-0.1, -0.05) is 12.1 Å². The molecule has 1 N–H and O–H groups in total. The zero-order valence-electron chi connectivity index (χ0n) is 15.3. The van der Waals surface area contributed by atoms with E-state index in [1.54, 1.807) is 0 Å². The number of likely N-dealkylation sites (N-methyl/N-ethyl adjacent to an activating group) is 1. The third-order valence-electron chi connectivity index (χ3n) is 5.51. The third kappa shape index (κ3) is 3.62. The highest BCUT2D eigenvalue weighted by Gasteiger charge is 2.25. The van der Waals surface area contributed by atoms with E-state index in [1.165, 1.54) is 50.2 Å².